The molecule has 1 unspecified atom stereocenters. The third-order valence-electron chi connectivity index (χ3n) is 2.99. The Morgan fingerprint density at radius 1 is 1.25 bits per heavy atom. The maximum absolute atomic E-state index is 3.91. The molecule has 1 aliphatic rings. The molecular formula is C11H19Br. The van der Waals surface area contributed by atoms with Crippen LogP contribution in [0.4, 0.5) is 0 Å². The Morgan fingerprint density at radius 3 is 2.25 bits per heavy atom. The van der Waals surface area contributed by atoms with Crippen LogP contribution in [-0.4, -0.2) is 5.33 Å². The molecule has 1 aliphatic carbocycles. The second-order valence-corrected chi connectivity index (χ2v) is 4.45. The molecule has 0 aromatic heterocycles. The van der Waals surface area contributed by atoms with E-state index in [4.69, 9.17) is 0 Å². The van der Waals surface area contributed by atoms with Gasteiger partial charge in [0.1, 0.15) is 0 Å². The molecule has 1 heteroatoms. The fourth-order valence-corrected chi connectivity index (χ4v) is 2.91. The highest BCUT2D eigenvalue weighted by molar-refractivity contribution is 9.09. The van der Waals surface area contributed by atoms with Gasteiger partial charge in [0, 0.05) is 5.33 Å². The van der Waals surface area contributed by atoms with Crippen LogP contribution in [0, 0.1) is 11.8 Å². The molecule has 1 rings (SSSR count). The average molecular weight is 231 g/mol. The first kappa shape index (κ1) is 10.3. The smallest absolute Gasteiger partial charge is 0.00968 e. The summed E-state index contributed by atoms with van der Waals surface area (Å²) in [5, 5.41) is 1.10. The highest BCUT2D eigenvalue weighted by Crippen LogP contribution is 2.30. The lowest BCUT2D eigenvalue weighted by Gasteiger charge is -2.20. The van der Waals surface area contributed by atoms with Crippen LogP contribution in [0.2, 0.25) is 0 Å². The van der Waals surface area contributed by atoms with Crippen molar-refractivity contribution in [2.75, 3.05) is 5.33 Å². The minimum Gasteiger partial charge on any atom is -0.103 e. The Morgan fingerprint density at radius 2 is 1.83 bits per heavy atom. The molecule has 0 N–H and O–H groups in total. The van der Waals surface area contributed by atoms with Crippen molar-refractivity contribution < 1.29 is 0 Å². The van der Waals surface area contributed by atoms with Crippen molar-refractivity contribution in [2.24, 2.45) is 11.8 Å². The maximum Gasteiger partial charge on any atom is 0.00968 e. The van der Waals surface area contributed by atoms with Gasteiger partial charge in [-0.25, -0.2) is 0 Å². The molecule has 0 aromatic carbocycles. The zero-order valence-electron chi connectivity index (χ0n) is 7.77. The Hall–Kier alpha value is 0.220. The summed E-state index contributed by atoms with van der Waals surface area (Å²) in [6.07, 6.45) is 10.7. The lowest BCUT2D eigenvalue weighted by molar-refractivity contribution is 0.379. The molecule has 12 heavy (non-hydrogen) atoms. The number of hydrogen-bond donors (Lipinski definition) is 0. The van der Waals surface area contributed by atoms with E-state index in [0.29, 0.717) is 5.92 Å². The Labute approximate surface area is 84.6 Å². The van der Waals surface area contributed by atoms with Crippen molar-refractivity contribution in [3.05, 3.63) is 12.7 Å². The van der Waals surface area contributed by atoms with Crippen LogP contribution in [0.5, 0.6) is 0 Å². The fraction of sp³-hybridized carbons (Fsp3) is 0.818. The summed E-state index contributed by atoms with van der Waals surface area (Å²) >= 11 is 3.57. The molecular weight excluding hydrogens is 212 g/mol. The highest BCUT2D eigenvalue weighted by Gasteiger charge is 2.18. The first-order valence-corrected chi connectivity index (χ1v) is 6.19. The number of rotatable bonds is 3. The molecule has 0 aromatic rings. The Balaban J connectivity index is 2.40. The summed E-state index contributed by atoms with van der Waals surface area (Å²) in [5.41, 5.74) is 0. The van der Waals surface area contributed by atoms with Crippen LogP contribution in [0.25, 0.3) is 0 Å². The summed E-state index contributed by atoms with van der Waals surface area (Å²) in [6.45, 7) is 3.91. The van der Waals surface area contributed by atoms with Gasteiger partial charge in [-0.15, -0.1) is 6.58 Å². The van der Waals surface area contributed by atoms with E-state index in [1.54, 1.807) is 0 Å². The Bertz CT molecular complexity index is 123. The molecule has 1 saturated carbocycles. The predicted octanol–water partition coefficient (Wildman–Crippen LogP) is 4.15. The maximum atomic E-state index is 3.91. The summed E-state index contributed by atoms with van der Waals surface area (Å²) < 4.78 is 0. The molecule has 0 heterocycles. The third-order valence-corrected chi connectivity index (χ3v) is 3.73. The molecule has 0 radical (unpaired) electrons. The van der Waals surface area contributed by atoms with Crippen LogP contribution < -0.4 is 0 Å². The molecule has 0 aliphatic heterocycles. The predicted molar refractivity (Wildman–Crippen MR) is 58.7 cm³/mol. The van der Waals surface area contributed by atoms with Gasteiger partial charge in [-0.3, -0.25) is 0 Å². The zero-order chi connectivity index (χ0) is 8.81. The first-order chi connectivity index (χ1) is 5.88. The van der Waals surface area contributed by atoms with E-state index in [2.05, 4.69) is 28.6 Å². The molecule has 1 atom stereocenters. The summed E-state index contributed by atoms with van der Waals surface area (Å²) in [6, 6.07) is 0. The molecule has 0 bridgehead atoms. The number of allylic oxidation sites excluding steroid dienone is 1. The molecule has 0 saturated heterocycles. The third kappa shape index (κ3) is 2.93. The van der Waals surface area contributed by atoms with Gasteiger partial charge in [-0.2, -0.15) is 0 Å². The van der Waals surface area contributed by atoms with Crippen LogP contribution >= 0.6 is 15.9 Å². The van der Waals surface area contributed by atoms with E-state index in [9.17, 15) is 0 Å². The number of alkyl halides is 1. The highest BCUT2D eigenvalue weighted by atomic mass is 79.9. The molecule has 1 fully saturated rings. The standard InChI is InChI=1S/C11H19Br/c1-2-10(9-12)11-7-5-3-4-6-8-11/h2,10-11H,1,3-9H2. The van der Waals surface area contributed by atoms with Gasteiger partial charge < -0.3 is 0 Å². The monoisotopic (exact) mass is 230 g/mol. The lowest BCUT2D eigenvalue weighted by atomic mass is 9.88. The van der Waals surface area contributed by atoms with E-state index in [0.717, 1.165) is 11.2 Å². The van der Waals surface area contributed by atoms with Crippen molar-refractivity contribution in [1.29, 1.82) is 0 Å². The van der Waals surface area contributed by atoms with Crippen molar-refractivity contribution in [2.45, 2.75) is 38.5 Å². The van der Waals surface area contributed by atoms with Gasteiger partial charge >= 0.3 is 0 Å². The van der Waals surface area contributed by atoms with Crippen LogP contribution in [-0.2, 0) is 0 Å². The van der Waals surface area contributed by atoms with Gasteiger partial charge in [0.15, 0.2) is 0 Å². The quantitative estimate of drug-likeness (QED) is 0.388. The largest absolute Gasteiger partial charge is 0.103 e. The summed E-state index contributed by atoms with van der Waals surface area (Å²) in [5.74, 6) is 1.62. The van der Waals surface area contributed by atoms with E-state index in [1.807, 2.05) is 0 Å². The molecule has 0 nitrogen and oxygen atoms in total. The van der Waals surface area contributed by atoms with Crippen LogP contribution in [0.3, 0.4) is 0 Å². The Kier molecular flexibility index (Phi) is 4.98. The molecule has 0 spiro atoms. The average Bonchev–Trinajstić information content (AvgIpc) is 2.35. The topological polar surface area (TPSA) is 0 Å². The number of halogens is 1. The normalized spacial score (nSPS) is 23.1. The van der Waals surface area contributed by atoms with Gasteiger partial charge in [-0.05, 0) is 24.7 Å². The minimum atomic E-state index is 0.711. The number of hydrogen-bond acceptors (Lipinski definition) is 0. The first-order valence-electron chi connectivity index (χ1n) is 5.07. The van der Waals surface area contributed by atoms with Crippen molar-refractivity contribution in [3.8, 4) is 0 Å². The summed E-state index contributed by atoms with van der Waals surface area (Å²) in [4.78, 5) is 0. The SMILES string of the molecule is C=CC(CBr)C1CCCCCC1. The van der Waals surface area contributed by atoms with Gasteiger partial charge in [0.05, 0.1) is 0 Å². The molecule has 0 amide bonds. The van der Waals surface area contributed by atoms with Gasteiger partial charge in [-0.1, -0.05) is 47.7 Å². The van der Waals surface area contributed by atoms with Gasteiger partial charge in [0.25, 0.3) is 0 Å². The lowest BCUT2D eigenvalue weighted by Crippen LogP contribution is -2.12. The summed E-state index contributed by atoms with van der Waals surface area (Å²) in [7, 11) is 0. The van der Waals surface area contributed by atoms with Crippen LogP contribution in [0.1, 0.15) is 38.5 Å². The van der Waals surface area contributed by atoms with Gasteiger partial charge in [0.2, 0.25) is 0 Å². The second-order valence-electron chi connectivity index (χ2n) is 3.81. The minimum absolute atomic E-state index is 0.711. The zero-order valence-corrected chi connectivity index (χ0v) is 9.35. The van der Waals surface area contributed by atoms with Crippen molar-refractivity contribution >= 4 is 15.9 Å². The van der Waals surface area contributed by atoms with Crippen molar-refractivity contribution in [1.82, 2.24) is 0 Å². The van der Waals surface area contributed by atoms with Crippen molar-refractivity contribution in [3.63, 3.8) is 0 Å². The van der Waals surface area contributed by atoms with E-state index in [1.165, 1.54) is 38.5 Å². The fourth-order valence-electron chi connectivity index (χ4n) is 2.12. The van der Waals surface area contributed by atoms with E-state index >= 15 is 0 Å². The molecule has 70 valence electrons. The second kappa shape index (κ2) is 5.80. The van der Waals surface area contributed by atoms with E-state index < -0.39 is 0 Å². The van der Waals surface area contributed by atoms with Crippen LogP contribution in [0.15, 0.2) is 12.7 Å². The van der Waals surface area contributed by atoms with E-state index in [-0.39, 0.29) is 0 Å².